The lowest BCUT2D eigenvalue weighted by atomic mass is 10.1. The fourth-order valence-electron chi connectivity index (χ4n) is 2.37. The van der Waals surface area contributed by atoms with E-state index < -0.39 is 4.92 Å². The van der Waals surface area contributed by atoms with Gasteiger partial charge in [-0.1, -0.05) is 29.8 Å². The zero-order valence-electron chi connectivity index (χ0n) is 14.9. The van der Waals surface area contributed by atoms with Crippen molar-refractivity contribution >= 4 is 11.6 Å². The average molecular weight is 358 g/mol. The molecule has 138 valence electrons. The highest BCUT2D eigenvalue weighted by Gasteiger charge is 2.15. The fraction of sp³-hybridized carbons (Fsp3) is 0.316. The standard InChI is InChI=1S/C19H22N2O5/c1-14-5-7-15(8-6-14)4-3-11-20-19(22)13-26-16-9-10-17(21(23)24)18(12-16)25-2/h5-10,12H,3-4,11,13H2,1-2H3,(H,20,22). The van der Waals surface area contributed by atoms with E-state index in [2.05, 4.69) is 29.6 Å². The van der Waals surface area contributed by atoms with Gasteiger partial charge in [0.1, 0.15) is 5.75 Å². The Kier molecular flexibility index (Phi) is 6.96. The third kappa shape index (κ3) is 5.77. The molecule has 0 aliphatic rings. The molecule has 0 spiro atoms. The van der Waals surface area contributed by atoms with Crippen molar-refractivity contribution < 1.29 is 19.2 Å². The number of methoxy groups -OCH3 is 1. The fourth-order valence-corrected chi connectivity index (χ4v) is 2.37. The van der Waals surface area contributed by atoms with Crippen molar-refractivity contribution in [1.29, 1.82) is 0 Å². The van der Waals surface area contributed by atoms with Gasteiger partial charge in [-0.25, -0.2) is 0 Å². The second kappa shape index (κ2) is 9.41. The van der Waals surface area contributed by atoms with Crippen LogP contribution in [0.4, 0.5) is 5.69 Å². The van der Waals surface area contributed by atoms with E-state index in [0.29, 0.717) is 12.3 Å². The summed E-state index contributed by atoms with van der Waals surface area (Å²) in [6, 6.07) is 12.4. The van der Waals surface area contributed by atoms with E-state index in [0.717, 1.165) is 12.8 Å². The number of hydrogen-bond donors (Lipinski definition) is 1. The van der Waals surface area contributed by atoms with E-state index >= 15 is 0 Å². The third-order valence-electron chi connectivity index (χ3n) is 3.80. The normalized spacial score (nSPS) is 10.2. The van der Waals surface area contributed by atoms with Crippen molar-refractivity contribution in [2.75, 3.05) is 20.3 Å². The Hall–Kier alpha value is -3.09. The van der Waals surface area contributed by atoms with Crippen molar-refractivity contribution in [2.45, 2.75) is 19.8 Å². The second-order valence-electron chi connectivity index (χ2n) is 5.82. The Morgan fingerprint density at radius 2 is 1.92 bits per heavy atom. The van der Waals surface area contributed by atoms with E-state index in [1.807, 2.05) is 6.92 Å². The molecule has 0 heterocycles. The summed E-state index contributed by atoms with van der Waals surface area (Å²) in [6.07, 6.45) is 1.72. The van der Waals surface area contributed by atoms with Crippen LogP contribution in [0.1, 0.15) is 17.5 Å². The molecule has 0 aliphatic carbocycles. The number of amides is 1. The minimum absolute atomic E-state index is 0.0889. The van der Waals surface area contributed by atoms with Crippen molar-refractivity contribution in [3.63, 3.8) is 0 Å². The Morgan fingerprint density at radius 1 is 1.19 bits per heavy atom. The molecule has 0 bridgehead atoms. The number of aryl methyl sites for hydroxylation is 2. The van der Waals surface area contributed by atoms with E-state index in [1.165, 1.54) is 36.4 Å². The Balaban J connectivity index is 1.73. The summed E-state index contributed by atoms with van der Waals surface area (Å²) in [4.78, 5) is 22.1. The Labute approximate surface area is 152 Å². The van der Waals surface area contributed by atoms with E-state index in [4.69, 9.17) is 9.47 Å². The van der Waals surface area contributed by atoms with Crippen LogP contribution in [0.5, 0.6) is 11.5 Å². The van der Waals surface area contributed by atoms with Gasteiger partial charge < -0.3 is 14.8 Å². The van der Waals surface area contributed by atoms with Crippen LogP contribution in [0.2, 0.25) is 0 Å². The summed E-state index contributed by atoms with van der Waals surface area (Å²) in [6.45, 7) is 2.44. The lowest BCUT2D eigenvalue weighted by molar-refractivity contribution is -0.385. The molecular weight excluding hydrogens is 336 g/mol. The molecule has 1 N–H and O–H groups in total. The molecule has 0 fully saturated rings. The highest BCUT2D eigenvalue weighted by atomic mass is 16.6. The maximum Gasteiger partial charge on any atom is 0.311 e. The summed E-state index contributed by atoms with van der Waals surface area (Å²) >= 11 is 0. The lowest BCUT2D eigenvalue weighted by Gasteiger charge is -2.09. The molecule has 7 nitrogen and oxygen atoms in total. The first-order valence-corrected chi connectivity index (χ1v) is 8.27. The molecule has 2 aromatic carbocycles. The van der Waals surface area contributed by atoms with Gasteiger partial charge in [0.25, 0.3) is 5.91 Å². The molecule has 1 amide bonds. The molecule has 2 rings (SSSR count). The van der Waals surface area contributed by atoms with Crippen LogP contribution in [0.25, 0.3) is 0 Å². The topological polar surface area (TPSA) is 90.7 Å². The van der Waals surface area contributed by atoms with Crippen molar-refractivity contribution in [1.82, 2.24) is 5.32 Å². The van der Waals surface area contributed by atoms with E-state index in [-0.39, 0.29) is 24.0 Å². The molecule has 0 aromatic heterocycles. The monoisotopic (exact) mass is 358 g/mol. The predicted octanol–water partition coefficient (Wildman–Crippen LogP) is 3.04. The first-order chi connectivity index (χ1) is 12.5. The summed E-state index contributed by atoms with van der Waals surface area (Å²) in [5.74, 6) is 0.180. The molecule has 7 heteroatoms. The number of carbonyl (C=O) groups is 1. The summed E-state index contributed by atoms with van der Waals surface area (Å²) in [5, 5.41) is 13.6. The molecular formula is C19H22N2O5. The van der Waals surface area contributed by atoms with E-state index in [9.17, 15) is 14.9 Å². The molecule has 2 aromatic rings. The molecule has 0 saturated heterocycles. The number of carbonyl (C=O) groups excluding carboxylic acids is 1. The van der Waals surface area contributed by atoms with Gasteiger partial charge in [0.05, 0.1) is 12.0 Å². The van der Waals surface area contributed by atoms with Gasteiger partial charge in [-0.05, 0) is 31.4 Å². The molecule has 0 unspecified atom stereocenters. The summed E-state index contributed by atoms with van der Waals surface area (Å²) in [7, 11) is 1.34. The number of benzene rings is 2. The predicted molar refractivity (Wildman–Crippen MR) is 97.7 cm³/mol. The smallest absolute Gasteiger partial charge is 0.311 e. The highest BCUT2D eigenvalue weighted by molar-refractivity contribution is 5.77. The van der Waals surface area contributed by atoms with Gasteiger partial charge in [-0.3, -0.25) is 14.9 Å². The SMILES string of the molecule is COc1cc(OCC(=O)NCCCc2ccc(C)cc2)ccc1[N+](=O)[O-]. The minimum atomic E-state index is -0.538. The largest absolute Gasteiger partial charge is 0.490 e. The maximum absolute atomic E-state index is 11.8. The number of ether oxygens (including phenoxy) is 2. The van der Waals surface area contributed by atoms with E-state index in [1.54, 1.807) is 0 Å². The first-order valence-electron chi connectivity index (χ1n) is 8.27. The molecule has 0 atom stereocenters. The second-order valence-corrected chi connectivity index (χ2v) is 5.82. The quantitative estimate of drug-likeness (QED) is 0.423. The molecule has 0 aliphatic heterocycles. The van der Waals surface area contributed by atoms with Crippen molar-refractivity contribution in [3.05, 3.63) is 63.7 Å². The average Bonchev–Trinajstić information content (AvgIpc) is 2.64. The van der Waals surface area contributed by atoms with Crippen LogP contribution in [0.3, 0.4) is 0 Å². The maximum atomic E-state index is 11.8. The van der Waals surface area contributed by atoms with Gasteiger partial charge in [-0.2, -0.15) is 0 Å². The first kappa shape index (κ1) is 19.2. The Bertz CT molecular complexity index is 759. The number of rotatable bonds is 9. The highest BCUT2D eigenvalue weighted by Crippen LogP contribution is 2.30. The Morgan fingerprint density at radius 3 is 2.58 bits per heavy atom. The van der Waals surface area contributed by atoms with Gasteiger partial charge in [0.15, 0.2) is 6.61 Å². The summed E-state index contributed by atoms with van der Waals surface area (Å²) in [5.41, 5.74) is 2.31. The van der Waals surface area contributed by atoms with Crippen LogP contribution in [0, 0.1) is 17.0 Å². The molecule has 0 saturated carbocycles. The van der Waals surface area contributed by atoms with Crippen molar-refractivity contribution in [3.8, 4) is 11.5 Å². The number of nitro groups is 1. The zero-order chi connectivity index (χ0) is 18.9. The van der Waals surface area contributed by atoms with Gasteiger partial charge >= 0.3 is 5.69 Å². The van der Waals surface area contributed by atoms with Crippen LogP contribution in [-0.2, 0) is 11.2 Å². The number of nitrogens with zero attached hydrogens (tertiary/aromatic N) is 1. The third-order valence-corrected chi connectivity index (χ3v) is 3.80. The van der Waals surface area contributed by atoms with Crippen LogP contribution in [-0.4, -0.2) is 31.1 Å². The number of hydrogen-bond acceptors (Lipinski definition) is 5. The van der Waals surface area contributed by atoms with Gasteiger partial charge in [-0.15, -0.1) is 0 Å². The zero-order valence-corrected chi connectivity index (χ0v) is 14.9. The van der Waals surface area contributed by atoms with Gasteiger partial charge in [0, 0.05) is 18.7 Å². The molecule has 0 radical (unpaired) electrons. The summed E-state index contributed by atoms with van der Waals surface area (Å²) < 4.78 is 10.3. The minimum Gasteiger partial charge on any atom is -0.490 e. The number of nitrogens with one attached hydrogen (secondary N) is 1. The van der Waals surface area contributed by atoms with Crippen LogP contribution < -0.4 is 14.8 Å². The van der Waals surface area contributed by atoms with Crippen LogP contribution >= 0.6 is 0 Å². The van der Waals surface area contributed by atoms with Gasteiger partial charge in [0.2, 0.25) is 5.75 Å². The molecule has 26 heavy (non-hydrogen) atoms. The lowest BCUT2D eigenvalue weighted by Crippen LogP contribution is -2.29. The van der Waals surface area contributed by atoms with Crippen LogP contribution in [0.15, 0.2) is 42.5 Å². The number of nitro benzene ring substituents is 1. The van der Waals surface area contributed by atoms with Crippen molar-refractivity contribution in [2.24, 2.45) is 0 Å².